The number of rotatable bonds is 6. The average Bonchev–Trinajstić information content (AvgIpc) is 2.48. The second-order valence-corrected chi connectivity index (χ2v) is 4.03. The summed E-state index contributed by atoms with van der Waals surface area (Å²) in [5.41, 5.74) is 1.41. The molecule has 1 aromatic carbocycles. The third-order valence-electron chi connectivity index (χ3n) is 2.54. The van der Waals surface area contributed by atoms with Gasteiger partial charge in [-0.25, -0.2) is 9.97 Å². The van der Waals surface area contributed by atoms with Crippen molar-refractivity contribution in [2.75, 3.05) is 30.9 Å². The fourth-order valence-electron chi connectivity index (χ4n) is 1.62. The Morgan fingerprint density at radius 1 is 1.25 bits per heavy atom. The Labute approximate surface area is 117 Å². The molecule has 2 N–H and O–H groups in total. The number of benzene rings is 1. The molecule has 6 nitrogen and oxygen atoms in total. The van der Waals surface area contributed by atoms with Crippen LogP contribution in [0, 0.1) is 11.3 Å². The van der Waals surface area contributed by atoms with E-state index in [2.05, 4.69) is 26.7 Å². The van der Waals surface area contributed by atoms with Crippen molar-refractivity contribution in [1.29, 1.82) is 5.26 Å². The van der Waals surface area contributed by atoms with Crippen LogP contribution in [0.5, 0.6) is 0 Å². The summed E-state index contributed by atoms with van der Waals surface area (Å²) in [6.45, 7) is 1.29. The number of nitrogens with one attached hydrogen (secondary N) is 2. The first kappa shape index (κ1) is 13.8. The molecule has 0 aliphatic carbocycles. The van der Waals surface area contributed by atoms with Crippen LogP contribution in [0.4, 0.5) is 17.3 Å². The molecule has 0 bridgehead atoms. The van der Waals surface area contributed by atoms with Crippen molar-refractivity contribution >= 4 is 17.3 Å². The third-order valence-corrected chi connectivity index (χ3v) is 2.54. The lowest BCUT2D eigenvalue weighted by Gasteiger charge is -2.08. The van der Waals surface area contributed by atoms with Crippen molar-refractivity contribution in [2.24, 2.45) is 0 Å². The SMILES string of the molecule is COCCNc1cc(Nc2cccc(C#N)c2)ncn1. The second-order valence-electron chi connectivity index (χ2n) is 4.03. The Kier molecular flexibility index (Phi) is 4.87. The normalized spacial score (nSPS) is 9.80. The van der Waals surface area contributed by atoms with Gasteiger partial charge in [0.15, 0.2) is 0 Å². The molecule has 1 aromatic heterocycles. The monoisotopic (exact) mass is 269 g/mol. The van der Waals surface area contributed by atoms with Gasteiger partial charge in [-0.3, -0.25) is 0 Å². The Hall–Kier alpha value is -2.65. The maximum Gasteiger partial charge on any atom is 0.135 e. The molecule has 0 fully saturated rings. The van der Waals surface area contributed by atoms with E-state index in [4.69, 9.17) is 10.00 Å². The van der Waals surface area contributed by atoms with Crippen molar-refractivity contribution in [2.45, 2.75) is 0 Å². The Morgan fingerprint density at radius 2 is 2.10 bits per heavy atom. The van der Waals surface area contributed by atoms with Crippen LogP contribution in [0.3, 0.4) is 0 Å². The van der Waals surface area contributed by atoms with E-state index in [1.54, 1.807) is 25.3 Å². The van der Waals surface area contributed by atoms with Crippen LogP contribution in [0.15, 0.2) is 36.7 Å². The molecular formula is C14H15N5O. The van der Waals surface area contributed by atoms with Crippen molar-refractivity contribution < 1.29 is 4.74 Å². The second kappa shape index (κ2) is 7.07. The lowest BCUT2D eigenvalue weighted by molar-refractivity contribution is 0.210. The number of hydrogen-bond acceptors (Lipinski definition) is 6. The van der Waals surface area contributed by atoms with Crippen LogP contribution < -0.4 is 10.6 Å². The van der Waals surface area contributed by atoms with Crippen molar-refractivity contribution in [1.82, 2.24) is 9.97 Å². The van der Waals surface area contributed by atoms with Crippen LogP contribution in [-0.4, -0.2) is 30.2 Å². The van der Waals surface area contributed by atoms with E-state index in [9.17, 15) is 0 Å². The number of methoxy groups -OCH3 is 1. The van der Waals surface area contributed by atoms with Gasteiger partial charge >= 0.3 is 0 Å². The van der Waals surface area contributed by atoms with Gasteiger partial charge in [-0.15, -0.1) is 0 Å². The van der Waals surface area contributed by atoms with Gasteiger partial charge in [0.25, 0.3) is 0 Å². The predicted octanol–water partition coefficient (Wildman–Crippen LogP) is 2.15. The highest BCUT2D eigenvalue weighted by atomic mass is 16.5. The molecule has 0 spiro atoms. The molecule has 0 atom stereocenters. The number of nitrogens with zero attached hydrogens (tertiary/aromatic N) is 3. The Bertz CT molecular complexity index is 609. The molecule has 0 unspecified atom stereocenters. The minimum Gasteiger partial charge on any atom is -0.383 e. The fourth-order valence-corrected chi connectivity index (χ4v) is 1.62. The molecule has 2 rings (SSSR count). The van der Waals surface area contributed by atoms with Gasteiger partial charge in [0.2, 0.25) is 0 Å². The average molecular weight is 269 g/mol. The number of aromatic nitrogens is 2. The Morgan fingerprint density at radius 3 is 2.90 bits per heavy atom. The van der Waals surface area contributed by atoms with Crippen LogP contribution in [0.25, 0.3) is 0 Å². The van der Waals surface area contributed by atoms with Gasteiger partial charge in [-0.05, 0) is 18.2 Å². The van der Waals surface area contributed by atoms with Crippen LogP contribution >= 0.6 is 0 Å². The quantitative estimate of drug-likeness (QED) is 0.782. The van der Waals surface area contributed by atoms with E-state index >= 15 is 0 Å². The van der Waals surface area contributed by atoms with E-state index in [0.29, 0.717) is 24.5 Å². The van der Waals surface area contributed by atoms with Gasteiger partial charge in [-0.2, -0.15) is 5.26 Å². The standard InChI is InChI=1S/C14H15N5O/c1-20-6-5-16-13-8-14(18-10-17-13)19-12-4-2-3-11(7-12)9-15/h2-4,7-8,10H,5-6H2,1H3,(H2,16,17,18,19). The van der Waals surface area contributed by atoms with Gasteiger partial charge in [-0.1, -0.05) is 6.07 Å². The van der Waals surface area contributed by atoms with E-state index in [1.165, 1.54) is 6.33 Å². The largest absolute Gasteiger partial charge is 0.383 e. The summed E-state index contributed by atoms with van der Waals surface area (Å²) in [7, 11) is 1.65. The Balaban J connectivity index is 2.05. The zero-order valence-corrected chi connectivity index (χ0v) is 11.1. The third kappa shape index (κ3) is 3.93. The van der Waals surface area contributed by atoms with Crippen molar-refractivity contribution in [3.05, 3.63) is 42.2 Å². The number of anilines is 3. The molecule has 0 radical (unpaired) electrons. The highest BCUT2D eigenvalue weighted by Gasteiger charge is 2.00. The van der Waals surface area contributed by atoms with E-state index < -0.39 is 0 Å². The summed E-state index contributed by atoms with van der Waals surface area (Å²) in [5.74, 6) is 1.38. The van der Waals surface area contributed by atoms with Gasteiger partial charge in [0, 0.05) is 25.4 Å². The minimum atomic E-state index is 0.600. The molecular weight excluding hydrogens is 254 g/mol. The highest BCUT2D eigenvalue weighted by molar-refractivity contribution is 5.60. The summed E-state index contributed by atoms with van der Waals surface area (Å²) >= 11 is 0. The number of nitriles is 1. The topological polar surface area (TPSA) is 82.9 Å². The first-order valence-electron chi connectivity index (χ1n) is 6.14. The van der Waals surface area contributed by atoms with Crippen LogP contribution in [0.1, 0.15) is 5.56 Å². The summed E-state index contributed by atoms with van der Waals surface area (Å²) in [6.07, 6.45) is 1.48. The maximum absolute atomic E-state index is 8.87. The molecule has 6 heteroatoms. The van der Waals surface area contributed by atoms with Gasteiger partial charge < -0.3 is 15.4 Å². The molecule has 102 valence electrons. The first-order valence-corrected chi connectivity index (χ1v) is 6.14. The van der Waals surface area contributed by atoms with Gasteiger partial charge in [0.1, 0.15) is 18.0 Å². The summed E-state index contributed by atoms with van der Waals surface area (Å²) in [6, 6.07) is 11.1. The smallest absolute Gasteiger partial charge is 0.135 e. The molecule has 20 heavy (non-hydrogen) atoms. The van der Waals surface area contributed by atoms with E-state index in [1.807, 2.05) is 12.1 Å². The lowest BCUT2D eigenvalue weighted by atomic mass is 10.2. The van der Waals surface area contributed by atoms with Crippen LogP contribution in [-0.2, 0) is 4.74 Å². The summed E-state index contributed by atoms with van der Waals surface area (Å²) in [4.78, 5) is 8.26. The van der Waals surface area contributed by atoms with Crippen molar-refractivity contribution in [3.8, 4) is 6.07 Å². The molecule has 0 saturated carbocycles. The lowest BCUT2D eigenvalue weighted by Crippen LogP contribution is -2.09. The summed E-state index contributed by atoms with van der Waals surface area (Å²) in [5, 5.41) is 15.1. The fraction of sp³-hybridized carbons (Fsp3) is 0.214. The molecule has 0 aliphatic rings. The van der Waals surface area contributed by atoms with Gasteiger partial charge in [0.05, 0.1) is 18.2 Å². The zero-order valence-electron chi connectivity index (χ0n) is 11.1. The molecule has 1 heterocycles. The number of hydrogen-bond donors (Lipinski definition) is 2. The summed E-state index contributed by atoms with van der Waals surface area (Å²) < 4.78 is 4.96. The maximum atomic E-state index is 8.87. The highest BCUT2D eigenvalue weighted by Crippen LogP contribution is 2.17. The van der Waals surface area contributed by atoms with Crippen LogP contribution in [0.2, 0.25) is 0 Å². The zero-order chi connectivity index (χ0) is 14.2. The predicted molar refractivity (Wildman–Crippen MR) is 76.8 cm³/mol. The van der Waals surface area contributed by atoms with E-state index in [0.717, 1.165) is 11.5 Å². The first-order chi connectivity index (χ1) is 9.81. The van der Waals surface area contributed by atoms with Crippen molar-refractivity contribution in [3.63, 3.8) is 0 Å². The molecule has 0 saturated heterocycles. The molecule has 0 amide bonds. The molecule has 0 aliphatic heterocycles. The van der Waals surface area contributed by atoms with E-state index in [-0.39, 0.29) is 0 Å². The minimum absolute atomic E-state index is 0.600. The number of ether oxygens (including phenoxy) is 1. The molecule has 2 aromatic rings.